The number of hydrogen-bond acceptors (Lipinski definition) is 3. The van der Waals surface area contributed by atoms with Crippen molar-refractivity contribution < 1.29 is 14.0 Å². The van der Waals surface area contributed by atoms with Crippen molar-refractivity contribution in [1.29, 1.82) is 0 Å². The molecule has 2 aliphatic heterocycles. The largest absolute Gasteiger partial charge is 0.337 e. The molecule has 0 aliphatic carbocycles. The first-order valence-electron chi connectivity index (χ1n) is 9.14. The van der Waals surface area contributed by atoms with Crippen LogP contribution in [-0.2, 0) is 4.79 Å². The maximum atomic E-state index is 13.1. The number of hydrogen-bond donors (Lipinski definition) is 0. The van der Waals surface area contributed by atoms with E-state index in [1.54, 1.807) is 4.90 Å². The fraction of sp³-hybridized carbons (Fsp3) is 0.579. The molecule has 0 radical (unpaired) electrons. The second kappa shape index (κ2) is 9.33. The van der Waals surface area contributed by atoms with Crippen LogP contribution in [0.2, 0.25) is 0 Å². The molecule has 0 aromatic heterocycles. The third kappa shape index (κ3) is 4.35. The number of carbonyl (C=O) groups excluding carboxylic acids is 2. The normalized spacial score (nSPS) is 24.1. The summed E-state index contributed by atoms with van der Waals surface area (Å²) in [6, 6.07) is 6.00. The molecule has 0 N–H and O–H groups in total. The molecule has 5 nitrogen and oxygen atoms in total. The summed E-state index contributed by atoms with van der Waals surface area (Å²) in [7, 11) is 0. The molecule has 1 aromatic rings. The zero-order valence-electron chi connectivity index (χ0n) is 15.1. The molecular formula is C19H27ClFN3O2. The predicted octanol–water partition coefficient (Wildman–Crippen LogP) is 2.40. The Balaban J connectivity index is 0.00000243. The minimum absolute atomic E-state index is 0. The zero-order valence-corrected chi connectivity index (χ0v) is 16.0. The Kier molecular flexibility index (Phi) is 7.41. The van der Waals surface area contributed by atoms with Gasteiger partial charge < -0.3 is 9.80 Å². The molecule has 2 aliphatic rings. The molecular weight excluding hydrogens is 357 g/mol. The second-order valence-corrected chi connectivity index (χ2v) is 6.86. The van der Waals surface area contributed by atoms with Crippen molar-refractivity contribution in [2.45, 2.75) is 38.3 Å². The highest BCUT2D eigenvalue weighted by atomic mass is 35.5. The lowest BCUT2D eigenvalue weighted by atomic mass is 9.93. The van der Waals surface area contributed by atoms with E-state index in [0.717, 1.165) is 32.3 Å². The first kappa shape index (κ1) is 20.6. The monoisotopic (exact) mass is 383 g/mol. The van der Waals surface area contributed by atoms with E-state index in [1.165, 1.54) is 30.7 Å². The number of piperidine rings is 1. The lowest BCUT2D eigenvalue weighted by Crippen LogP contribution is -2.62. The molecule has 26 heavy (non-hydrogen) atoms. The molecule has 2 fully saturated rings. The first-order chi connectivity index (χ1) is 12.1. The third-order valence-corrected chi connectivity index (χ3v) is 5.49. The number of benzene rings is 1. The number of likely N-dealkylation sites (tertiary alicyclic amines) is 1. The van der Waals surface area contributed by atoms with E-state index in [-0.39, 0.29) is 30.2 Å². The summed E-state index contributed by atoms with van der Waals surface area (Å²) in [6.45, 7) is 5.76. The lowest BCUT2D eigenvalue weighted by Gasteiger charge is -2.48. The molecule has 1 aromatic carbocycles. The number of nitrogens with zero attached hydrogens (tertiary/aromatic N) is 3. The number of likely N-dealkylation sites (N-methyl/N-ethyl adjacent to an activating group) is 1. The predicted molar refractivity (Wildman–Crippen MR) is 101 cm³/mol. The average molecular weight is 384 g/mol. The van der Waals surface area contributed by atoms with Gasteiger partial charge in [-0.2, -0.15) is 0 Å². The molecule has 3 rings (SSSR count). The highest BCUT2D eigenvalue weighted by molar-refractivity contribution is 5.94. The Labute approximate surface area is 160 Å². The summed E-state index contributed by atoms with van der Waals surface area (Å²) in [5, 5.41) is 0. The van der Waals surface area contributed by atoms with Crippen molar-refractivity contribution in [2.75, 3.05) is 32.7 Å². The first-order valence-corrected chi connectivity index (χ1v) is 9.14. The van der Waals surface area contributed by atoms with Crippen molar-refractivity contribution >= 4 is 24.7 Å². The van der Waals surface area contributed by atoms with Crippen LogP contribution >= 0.6 is 12.4 Å². The Morgan fingerprint density at radius 1 is 1.15 bits per heavy atom. The van der Waals surface area contributed by atoms with E-state index in [4.69, 9.17) is 0 Å². The molecule has 0 saturated carbocycles. The van der Waals surface area contributed by atoms with E-state index in [2.05, 4.69) is 11.8 Å². The van der Waals surface area contributed by atoms with Crippen LogP contribution in [0.5, 0.6) is 0 Å². The van der Waals surface area contributed by atoms with Gasteiger partial charge in [-0.1, -0.05) is 13.3 Å². The van der Waals surface area contributed by atoms with E-state index in [1.807, 2.05) is 4.90 Å². The van der Waals surface area contributed by atoms with Crippen LogP contribution in [0.3, 0.4) is 0 Å². The molecule has 2 heterocycles. The van der Waals surface area contributed by atoms with Gasteiger partial charge in [-0.05, 0) is 50.2 Å². The van der Waals surface area contributed by atoms with Crippen LogP contribution < -0.4 is 0 Å². The van der Waals surface area contributed by atoms with Crippen molar-refractivity contribution in [1.82, 2.24) is 14.7 Å². The van der Waals surface area contributed by atoms with E-state index in [0.29, 0.717) is 31.2 Å². The Hall–Kier alpha value is -1.66. The van der Waals surface area contributed by atoms with Gasteiger partial charge in [0, 0.05) is 31.2 Å². The van der Waals surface area contributed by atoms with Crippen LogP contribution in [-0.4, -0.2) is 71.8 Å². The molecule has 7 heteroatoms. The minimum atomic E-state index is -0.346. The highest BCUT2D eigenvalue weighted by Crippen LogP contribution is 2.25. The smallest absolute Gasteiger partial charge is 0.253 e. The van der Waals surface area contributed by atoms with Crippen molar-refractivity contribution in [3.05, 3.63) is 35.6 Å². The summed E-state index contributed by atoms with van der Waals surface area (Å²) < 4.78 is 13.1. The standard InChI is InChI=1S/C19H26FN3O2.ClH/c1-2-21-10-4-3-5-17(21)18-13-22(11-12-23(18)14-24)19(25)15-6-8-16(20)9-7-15;/h6-9,14,17-18H,2-5,10-13H2,1H3;1H/t17-,18?;/m0./s1. The van der Waals surface area contributed by atoms with Crippen LogP contribution in [0, 0.1) is 5.82 Å². The van der Waals surface area contributed by atoms with E-state index < -0.39 is 0 Å². The van der Waals surface area contributed by atoms with Crippen LogP contribution in [0.25, 0.3) is 0 Å². The minimum Gasteiger partial charge on any atom is -0.337 e. The SMILES string of the molecule is CCN1CCCC[C@H]1C1CN(C(=O)c2ccc(F)cc2)CCN1C=O.Cl. The molecule has 2 amide bonds. The zero-order chi connectivity index (χ0) is 17.8. The molecule has 2 atom stereocenters. The second-order valence-electron chi connectivity index (χ2n) is 6.86. The maximum Gasteiger partial charge on any atom is 0.253 e. The summed E-state index contributed by atoms with van der Waals surface area (Å²) in [6.07, 6.45) is 4.33. The third-order valence-electron chi connectivity index (χ3n) is 5.49. The van der Waals surface area contributed by atoms with Crippen LogP contribution in [0.4, 0.5) is 4.39 Å². The fourth-order valence-corrected chi connectivity index (χ4v) is 4.10. The number of amides is 2. The molecule has 0 spiro atoms. The number of rotatable bonds is 4. The van der Waals surface area contributed by atoms with Crippen molar-refractivity contribution in [2.24, 2.45) is 0 Å². The summed E-state index contributed by atoms with van der Waals surface area (Å²) in [5.74, 6) is -0.435. The van der Waals surface area contributed by atoms with Crippen LogP contribution in [0.15, 0.2) is 24.3 Å². The van der Waals surface area contributed by atoms with Gasteiger partial charge in [0.25, 0.3) is 5.91 Å². The molecule has 144 valence electrons. The van der Waals surface area contributed by atoms with E-state index in [9.17, 15) is 14.0 Å². The Bertz CT molecular complexity index is 613. The quantitative estimate of drug-likeness (QED) is 0.750. The lowest BCUT2D eigenvalue weighted by molar-refractivity contribution is -0.124. The molecule has 1 unspecified atom stereocenters. The van der Waals surface area contributed by atoms with Crippen molar-refractivity contribution in [3.8, 4) is 0 Å². The average Bonchev–Trinajstić information content (AvgIpc) is 2.67. The van der Waals surface area contributed by atoms with Gasteiger partial charge in [0.05, 0.1) is 6.04 Å². The fourth-order valence-electron chi connectivity index (χ4n) is 4.10. The summed E-state index contributed by atoms with van der Waals surface area (Å²) in [5.41, 5.74) is 0.496. The number of piperazine rings is 1. The maximum absolute atomic E-state index is 13.1. The van der Waals surface area contributed by atoms with Gasteiger partial charge >= 0.3 is 0 Å². The van der Waals surface area contributed by atoms with Gasteiger partial charge in [-0.3, -0.25) is 14.5 Å². The highest BCUT2D eigenvalue weighted by Gasteiger charge is 2.37. The van der Waals surface area contributed by atoms with Gasteiger partial charge in [0.15, 0.2) is 0 Å². The molecule has 2 saturated heterocycles. The van der Waals surface area contributed by atoms with Crippen molar-refractivity contribution in [3.63, 3.8) is 0 Å². The van der Waals surface area contributed by atoms with Crippen LogP contribution in [0.1, 0.15) is 36.5 Å². The number of halogens is 2. The Morgan fingerprint density at radius 3 is 2.54 bits per heavy atom. The van der Waals surface area contributed by atoms with E-state index >= 15 is 0 Å². The van der Waals surface area contributed by atoms with Gasteiger partial charge in [0.2, 0.25) is 6.41 Å². The van der Waals surface area contributed by atoms with Gasteiger partial charge in [-0.25, -0.2) is 4.39 Å². The summed E-state index contributed by atoms with van der Waals surface area (Å²) in [4.78, 5) is 30.4. The number of carbonyl (C=O) groups is 2. The summed E-state index contributed by atoms with van der Waals surface area (Å²) >= 11 is 0. The Morgan fingerprint density at radius 2 is 1.88 bits per heavy atom. The van der Waals surface area contributed by atoms with Gasteiger partial charge in [0.1, 0.15) is 5.82 Å². The molecule has 0 bridgehead atoms. The topological polar surface area (TPSA) is 43.9 Å². The van der Waals surface area contributed by atoms with Gasteiger partial charge in [-0.15, -0.1) is 12.4 Å².